The Bertz CT molecular complexity index is 305. The SMILES string of the molecule is CNC(=O)C(CC(C)C)NC(=O)CNC(=O)CN. The van der Waals surface area contributed by atoms with Gasteiger partial charge in [-0.3, -0.25) is 14.4 Å². The Kier molecular flexibility index (Phi) is 7.69. The zero-order valence-corrected chi connectivity index (χ0v) is 11.1. The van der Waals surface area contributed by atoms with Crippen LogP contribution in [-0.4, -0.2) is 43.9 Å². The second-order valence-electron chi connectivity index (χ2n) is 4.34. The molecule has 0 bridgehead atoms. The summed E-state index contributed by atoms with van der Waals surface area (Å²) in [6.07, 6.45) is 0.538. The Morgan fingerprint density at radius 2 is 1.78 bits per heavy atom. The highest BCUT2D eigenvalue weighted by Crippen LogP contribution is 2.04. The zero-order chi connectivity index (χ0) is 14.1. The van der Waals surface area contributed by atoms with Crippen LogP contribution in [0.2, 0.25) is 0 Å². The van der Waals surface area contributed by atoms with E-state index in [1.165, 1.54) is 7.05 Å². The lowest BCUT2D eigenvalue weighted by Gasteiger charge is -2.19. The molecule has 0 saturated carbocycles. The molecule has 0 aliphatic rings. The maximum atomic E-state index is 11.5. The molecule has 104 valence electrons. The summed E-state index contributed by atoms with van der Waals surface area (Å²) < 4.78 is 0. The molecule has 0 aliphatic carbocycles. The first-order valence-electron chi connectivity index (χ1n) is 5.88. The molecule has 0 aromatic rings. The topological polar surface area (TPSA) is 113 Å². The van der Waals surface area contributed by atoms with E-state index in [-0.39, 0.29) is 24.9 Å². The number of nitrogens with two attached hydrogens (primary N) is 1. The van der Waals surface area contributed by atoms with Gasteiger partial charge >= 0.3 is 0 Å². The van der Waals surface area contributed by atoms with E-state index in [1.807, 2.05) is 13.8 Å². The number of rotatable bonds is 7. The molecule has 5 N–H and O–H groups in total. The van der Waals surface area contributed by atoms with Crippen LogP contribution in [0.25, 0.3) is 0 Å². The van der Waals surface area contributed by atoms with Crippen LogP contribution in [0.5, 0.6) is 0 Å². The first kappa shape index (κ1) is 16.4. The van der Waals surface area contributed by atoms with Crippen molar-refractivity contribution in [3.8, 4) is 0 Å². The zero-order valence-electron chi connectivity index (χ0n) is 11.1. The predicted octanol–water partition coefficient (Wildman–Crippen LogP) is -1.66. The molecule has 0 aromatic carbocycles. The van der Waals surface area contributed by atoms with Gasteiger partial charge in [0, 0.05) is 7.05 Å². The molecule has 0 spiro atoms. The molecule has 0 saturated heterocycles. The van der Waals surface area contributed by atoms with Gasteiger partial charge in [0.05, 0.1) is 13.1 Å². The lowest BCUT2D eigenvalue weighted by Crippen LogP contribution is -2.49. The summed E-state index contributed by atoms with van der Waals surface area (Å²) >= 11 is 0. The first-order chi connectivity index (χ1) is 8.40. The van der Waals surface area contributed by atoms with Crippen LogP contribution in [0, 0.1) is 5.92 Å². The molecule has 0 fully saturated rings. The average molecular weight is 258 g/mol. The van der Waals surface area contributed by atoms with Gasteiger partial charge in [-0.2, -0.15) is 0 Å². The van der Waals surface area contributed by atoms with Gasteiger partial charge in [0.2, 0.25) is 17.7 Å². The summed E-state index contributed by atoms with van der Waals surface area (Å²) in [5.41, 5.74) is 5.09. The van der Waals surface area contributed by atoms with Crippen molar-refractivity contribution in [3.63, 3.8) is 0 Å². The molecule has 0 aromatic heterocycles. The summed E-state index contributed by atoms with van der Waals surface area (Å²) in [6, 6.07) is -0.586. The van der Waals surface area contributed by atoms with Gasteiger partial charge in [-0.05, 0) is 12.3 Å². The maximum absolute atomic E-state index is 11.5. The van der Waals surface area contributed by atoms with Crippen LogP contribution < -0.4 is 21.7 Å². The lowest BCUT2D eigenvalue weighted by molar-refractivity contribution is -0.129. The monoisotopic (exact) mass is 258 g/mol. The fraction of sp³-hybridized carbons (Fsp3) is 0.727. The maximum Gasteiger partial charge on any atom is 0.242 e. The van der Waals surface area contributed by atoms with Crippen LogP contribution in [0.15, 0.2) is 0 Å². The number of carbonyl (C=O) groups is 3. The van der Waals surface area contributed by atoms with E-state index < -0.39 is 17.9 Å². The number of amides is 3. The Morgan fingerprint density at radius 1 is 1.17 bits per heavy atom. The van der Waals surface area contributed by atoms with E-state index in [9.17, 15) is 14.4 Å². The van der Waals surface area contributed by atoms with Crippen molar-refractivity contribution >= 4 is 17.7 Å². The lowest BCUT2D eigenvalue weighted by atomic mass is 10.0. The van der Waals surface area contributed by atoms with Crippen molar-refractivity contribution in [2.24, 2.45) is 11.7 Å². The summed E-state index contributed by atoms with van der Waals surface area (Å²) in [7, 11) is 1.51. The van der Waals surface area contributed by atoms with Crippen molar-refractivity contribution in [2.45, 2.75) is 26.3 Å². The average Bonchev–Trinajstić information content (AvgIpc) is 2.33. The highest BCUT2D eigenvalue weighted by Gasteiger charge is 2.20. The van der Waals surface area contributed by atoms with E-state index in [4.69, 9.17) is 5.73 Å². The summed E-state index contributed by atoms with van der Waals surface area (Å²) in [5.74, 6) is -0.801. The molecular weight excluding hydrogens is 236 g/mol. The quantitative estimate of drug-likeness (QED) is 0.437. The van der Waals surface area contributed by atoms with Crippen LogP contribution >= 0.6 is 0 Å². The van der Waals surface area contributed by atoms with Crippen LogP contribution in [0.4, 0.5) is 0 Å². The van der Waals surface area contributed by atoms with Gasteiger partial charge < -0.3 is 21.7 Å². The van der Waals surface area contributed by atoms with Crippen LogP contribution in [0.3, 0.4) is 0 Å². The molecule has 0 radical (unpaired) electrons. The first-order valence-corrected chi connectivity index (χ1v) is 5.88. The normalized spacial score (nSPS) is 11.8. The third-order valence-corrected chi connectivity index (χ3v) is 2.24. The number of likely N-dealkylation sites (N-methyl/N-ethyl adjacent to an activating group) is 1. The fourth-order valence-electron chi connectivity index (χ4n) is 1.37. The number of carbonyl (C=O) groups excluding carboxylic acids is 3. The van der Waals surface area contributed by atoms with Crippen molar-refractivity contribution in [1.29, 1.82) is 0 Å². The second kappa shape index (κ2) is 8.46. The van der Waals surface area contributed by atoms with E-state index >= 15 is 0 Å². The van der Waals surface area contributed by atoms with E-state index in [0.717, 1.165) is 0 Å². The van der Waals surface area contributed by atoms with Crippen LogP contribution in [0.1, 0.15) is 20.3 Å². The number of nitrogens with one attached hydrogen (secondary N) is 3. The third-order valence-electron chi connectivity index (χ3n) is 2.24. The number of hydrogen-bond acceptors (Lipinski definition) is 4. The molecule has 7 nitrogen and oxygen atoms in total. The highest BCUT2D eigenvalue weighted by atomic mass is 16.2. The molecule has 0 heterocycles. The van der Waals surface area contributed by atoms with E-state index in [2.05, 4.69) is 16.0 Å². The van der Waals surface area contributed by atoms with Gasteiger partial charge in [-0.1, -0.05) is 13.8 Å². The van der Waals surface area contributed by atoms with E-state index in [0.29, 0.717) is 6.42 Å². The van der Waals surface area contributed by atoms with Gasteiger partial charge in [-0.25, -0.2) is 0 Å². The van der Waals surface area contributed by atoms with Gasteiger partial charge in [0.1, 0.15) is 6.04 Å². The van der Waals surface area contributed by atoms with Crippen molar-refractivity contribution in [2.75, 3.05) is 20.1 Å². The van der Waals surface area contributed by atoms with Crippen molar-refractivity contribution < 1.29 is 14.4 Å². The molecule has 3 amide bonds. The van der Waals surface area contributed by atoms with Crippen molar-refractivity contribution in [1.82, 2.24) is 16.0 Å². The van der Waals surface area contributed by atoms with Crippen LogP contribution in [-0.2, 0) is 14.4 Å². The Morgan fingerprint density at radius 3 is 2.22 bits per heavy atom. The smallest absolute Gasteiger partial charge is 0.242 e. The largest absolute Gasteiger partial charge is 0.357 e. The van der Waals surface area contributed by atoms with E-state index in [1.54, 1.807) is 0 Å². The van der Waals surface area contributed by atoms with Gasteiger partial charge in [0.25, 0.3) is 0 Å². The minimum absolute atomic E-state index is 0.169. The molecule has 1 unspecified atom stereocenters. The molecular formula is C11H22N4O3. The molecule has 0 rings (SSSR count). The molecule has 7 heteroatoms. The van der Waals surface area contributed by atoms with Gasteiger partial charge in [0.15, 0.2) is 0 Å². The fourth-order valence-corrected chi connectivity index (χ4v) is 1.37. The standard InChI is InChI=1S/C11H22N4O3/c1-7(2)4-8(11(18)13-3)15-10(17)6-14-9(16)5-12/h7-8H,4-6,12H2,1-3H3,(H,13,18)(H,14,16)(H,15,17). The summed E-state index contributed by atoms with van der Waals surface area (Å²) in [4.78, 5) is 33.9. The molecule has 1 atom stereocenters. The third kappa shape index (κ3) is 6.85. The number of hydrogen-bond donors (Lipinski definition) is 4. The molecule has 0 aliphatic heterocycles. The minimum atomic E-state index is -0.586. The Balaban J connectivity index is 4.26. The predicted molar refractivity (Wildman–Crippen MR) is 67.5 cm³/mol. The van der Waals surface area contributed by atoms with Crippen molar-refractivity contribution in [3.05, 3.63) is 0 Å². The Labute approximate surface area is 107 Å². The second-order valence-corrected chi connectivity index (χ2v) is 4.34. The summed E-state index contributed by atoms with van der Waals surface area (Å²) in [6.45, 7) is 3.57. The highest BCUT2D eigenvalue weighted by molar-refractivity contribution is 5.90. The minimum Gasteiger partial charge on any atom is -0.357 e. The summed E-state index contributed by atoms with van der Waals surface area (Å²) in [5, 5.41) is 7.40. The van der Waals surface area contributed by atoms with Gasteiger partial charge in [-0.15, -0.1) is 0 Å². The Hall–Kier alpha value is -1.63. The molecule has 18 heavy (non-hydrogen) atoms.